The number of rotatable bonds is 2. The summed E-state index contributed by atoms with van der Waals surface area (Å²) in [6.07, 6.45) is 4.08. The number of hydrogen-bond acceptors (Lipinski definition) is 7. The van der Waals surface area contributed by atoms with E-state index in [1.807, 2.05) is 0 Å². The molecule has 0 amide bonds. The second kappa shape index (κ2) is 5.12. The first kappa shape index (κ1) is 12.8. The molecule has 112 valence electrons. The SMILES string of the molecule is ONc1c2c(nc3nc(N4CCOCC4)nn13)CCCC2. The van der Waals surface area contributed by atoms with E-state index in [1.54, 1.807) is 4.52 Å². The van der Waals surface area contributed by atoms with E-state index in [9.17, 15) is 5.21 Å². The first-order valence-electron chi connectivity index (χ1n) is 7.38. The lowest BCUT2D eigenvalue weighted by molar-refractivity contribution is 0.122. The van der Waals surface area contributed by atoms with E-state index in [-0.39, 0.29) is 0 Å². The number of nitrogens with one attached hydrogen (secondary N) is 1. The molecule has 2 aromatic heterocycles. The zero-order valence-electron chi connectivity index (χ0n) is 11.7. The predicted molar refractivity (Wildman–Crippen MR) is 75.9 cm³/mol. The van der Waals surface area contributed by atoms with Gasteiger partial charge in [0.25, 0.3) is 5.78 Å². The molecule has 21 heavy (non-hydrogen) atoms. The minimum atomic E-state index is 0.536. The zero-order chi connectivity index (χ0) is 14.2. The molecule has 8 heteroatoms. The Morgan fingerprint density at radius 2 is 1.90 bits per heavy atom. The lowest BCUT2D eigenvalue weighted by Crippen LogP contribution is -2.36. The molecule has 3 heterocycles. The maximum atomic E-state index is 9.51. The van der Waals surface area contributed by atoms with Gasteiger partial charge in [0.1, 0.15) is 0 Å². The van der Waals surface area contributed by atoms with Crippen molar-refractivity contribution in [1.82, 2.24) is 19.6 Å². The number of fused-ring (bicyclic) bond motifs is 2. The van der Waals surface area contributed by atoms with Crippen molar-refractivity contribution in [3.8, 4) is 0 Å². The third kappa shape index (κ3) is 2.11. The fourth-order valence-electron chi connectivity index (χ4n) is 3.04. The van der Waals surface area contributed by atoms with Gasteiger partial charge in [0.15, 0.2) is 5.82 Å². The van der Waals surface area contributed by atoms with Gasteiger partial charge in [-0.2, -0.15) is 9.50 Å². The summed E-state index contributed by atoms with van der Waals surface area (Å²) in [5, 5.41) is 14.0. The molecule has 0 spiro atoms. The minimum absolute atomic E-state index is 0.536. The molecule has 0 unspecified atom stereocenters. The Labute approximate surface area is 121 Å². The quantitative estimate of drug-likeness (QED) is 0.785. The van der Waals surface area contributed by atoms with Crippen LogP contribution in [0.4, 0.5) is 11.8 Å². The lowest BCUT2D eigenvalue weighted by Gasteiger charge is -2.25. The van der Waals surface area contributed by atoms with Crippen molar-refractivity contribution >= 4 is 17.5 Å². The van der Waals surface area contributed by atoms with Crippen LogP contribution in [0.1, 0.15) is 24.1 Å². The summed E-state index contributed by atoms with van der Waals surface area (Å²) in [7, 11) is 0. The van der Waals surface area contributed by atoms with Crippen molar-refractivity contribution in [3.63, 3.8) is 0 Å². The smallest absolute Gasteiger partial charge is 0.256 e. The van der Waals surface area contributed by atoms with Gasteiger partial charge in [0.2, 0.25) is 5.95 Å². The van der Waals surface area contributed by atoms with Crippen LogP contribution in [0.5, 0.6) is 0 Å². The number of aromatic nitrogens is 4. The molecule has 0 radical (unpaired) electrons. The number of morpholine rings is 1. The van der Waals surface area contributed by atoms with Crippen LogP contribution >= 0.6 is 0 Å². The van der Waals surface area contributed by atoms with Crippen molar-refractivity contribution in [2.45, 2.75) is 25.7 Å². The molecule has 0 saturated carbocycles. The van der Waals surface area contributed by atoms with Crippen LogP contribution in [0.2, 0.25) is 0 Å². The number of anilines is 2. The highest BCUT2D eigenvalue weighted by Crippen LogP contribution is 2.27. The van der Waals surface area contributed by atoms with Crippen LogP contribution in [0.15, 0.2) is 0 Å². The number of aryl methyl sites for hydroxylation is 1. The minimum Gasteiger partial charge on any atom is -0.378 e. The van der Waals surface area contributed by atoms with Crippen LogP contribution in [-0.4, -0.2) is 51.1 Å². The average Bonchev–Trinajstić information content (AvgIpc) is 2.97. The Balaban J connectivity index is 1.82. The summed E-state index contributed by atoms with van der Waals surface area (Å²) >= 11 is 0. The van der Waals surface area contributed by atoms with Gasteiger partial charge < -0.3 is 9.64 Å². The molecule has 0 aromatic carbocycles. The summed E-state index contributed by atoms with van der Waals surface area (Å²) in [5.74, 6) is 1.78. The van der Waals surface area contributed by atoms with Crippen molar-refractivity contribution < 1.29 is 9.94 Å². The Kier molecular flexibility index (Phi) is 3.12. The third-order valence-corrected chi connectivity index (χ3v) is 4.15. The first-order chi connectivity index (χ1) is 10.4. The van der Waals surface area contributed by atoms with Gasteiger partial charge in [-0.05, 0) is 25.7 Å². The number of nitrogens with zero attached hydrogens (tertiary/aromatic N) is 5. The Hall–Kier alpha value is -1.93. The van der Waals surface area contributed by atoms with Gasteiger partial charge >= 0.3 is 0 Å². The summed E-state index contributed by atoms with van der Waals surface area (Å²) in [6, 6.07) is 0. The third-order valence-electron chi connectivity index (χ3n) is 4.15. The molecule has 0 atom stereocenters. The normalized spacial score (nSPS) is 18.8. The predicted octanol–water partition coefficient (Wildman–Crippen LogP) is 0.641. The summed E-state index contributed by atoms with van der Waals surface area (Å²) < 4.78 is 6.96. The Bertz CT molecular complexity index is 664. The van der Waals surface area contributed by atoms with Gasteiger partial charge in [-0.25, -0.2) is 4.98 Å². The average molecular weight is 290 g/mol. The van der Waals surface area contributed by atoms with Crippen molar-refractivity contribution in [1.29, 1.82) is 0 Å². The largest absolute Gasteiger partial charge is 0.378 e. The Morgan fingerprint density at radius 1 is 1.10 bits per heavy atom. The molecule has 2 N–H and O–H groups in total. The zero-order valence-corrected chi connectivity index (χ0v) is 11.7. The van der Waals surface area contributed by atoms with E-state index in [4.69, 9.17) is 4.74 Å². The summed E-state index contributed by atoms with van der Waals surface area (Å²) in [6.45, 7) is 2.92. The second-order valence-corrected chi connectivity index (χ2v) is 5.43. The number of hydrogen-bond donors (Lipinski definition) is 2. The fraction of sp³-hybridized carbons (Fsp3) is 0.615. The van der Waals surface area contributed by atoms with Crippen molar-refractivity contribution in [2.75, 3.05) is 36.7 Å². The molecule has 4 rings (SSSR count). The molecule has 2 aromatic rings. The van der Waals surface area contributed by atoms with Gasteiger partial charge in [-0.1, -0.05) is 0 Å². The molecule has 2 aliphatic rings. The fourth-order valence-corrected chi connectivity index (χ4v) is 3.04. The molecule has 8 nitrogen and oxygen atoms in total. The molecule has 1 fully saturated rings. The van der Waals surface area contributed by atoms with Crippen molar-refractivity contribution in [3.05, 3.63) is 11.3 Å². The second-order valence-electron chi connectivity index (χ2n) is 5.43. The lowest BCUT2D eigenvalue weighted by atomic mass is 9.96. The molecule has 1 aliphatic heterocycles. The topological polar surface area (TPSA) is 87.8 Å². The maximum Gasteiger partial charge on any atom is 0.256 e. The van der Waals surface area contributed by atoms with E-state index < -0.39 is 0 Å². The van der Waals surface area contributed by atoms with Crippen LogP contribution in [0.25, 0.3) is 5.78 Å². The van der Waals surface area contributed by atoms with E-state index in [0.717, 1.165) is 50.0 Å². The van der Waals surface area contributed by atoms with Gasteiger partial charge in [-0.15, -0.1) is 5.10 Å². The highest BCUT2D eigenvalue weighted by atomic mass is 16.5. The highest BCUT2D eigenvalue weighted by Gasteiger charge is 2.22. The van der Waals surface area contributed by atoms with E-state index in [0.29, 0.717) is 30.8 Å². The summed E-state index contributed by atoms with van der Waals surface area (Å²) in [5.41, 5.74) is 4.36. The monoisotopic (exact) mass is 290 g/mol. The van der Waals surface area contributed by atoms with Gasteiger partial charge in [0, 0.05) is 18.7 Å². The molecule has 1 saturated heterocycles. The first-order valence-corrected chi connectivity index (χ1v) is 7.38. The molecule has 1 aliphatic carbocycles. The molecular formula is C13H18N6O2. The number of ether oxygens (including phenoxy) is 1. The van der Waals surface area contributed by atoms with Gasteiger partial charge in [-0.3, -0.25) is 10.7 Å². The van der Waals surface area contributed by atoms with E-state index in [1.165, 1.54) is 0 Å². The van der Waals surface area contributed by atoms with Crippen LogP contribution in [0, 0.1) is 0 Å². The van der Waals surface area contributed by atoms with Crippen LogP contribution in [-0.2, 0) is 17.6 Å². The molecule has 0 bridgehead atoms. The Morgan fingerprint density at radius 3 is 2.71 bits per heavy atom. The summed E-state index contributed by atoms with van der Waals surface area (Å²) in [4.78, 5) is 11.2. The van der Waals surface area contributed by atoms with E-state index >= 15 is 0 Å². The van der Waals surface area contributed by atoms with E-state index in [2.05, 4.69) is 25.4 Å². The standard InChI is InChI=1S/C13H18N6O2/c20-17-11-9-3-1-2-4-10(9)14-12-15-13(16-19(11)12)18-5-7-21-8-6-18/h17,20H,1-8H2. The maximum absolute atomic E-state index is 9.51. The van der Waals surface area contributed by atoms with Crippen LogP contribution < -0.4 is 10.4 Å². The highest BCUT2D eigenvalue weighted by molar-refractivity contribution is 5.54. The molecular weight excluding hydrogens is 272 g/mol. The van der Waals surface area contributed by atoms with Crippen molar-refractivity contribution in [2.24, 2.45) is 0 Å². The van der Waals surface area contributed by atoms with Gasteiger partial charge in [0.05, 0.1) is 18.9 Å². The van der Waals surface area contributed by atoms with Crippen LogP contribution in [0.3, 0.4) is 0 Å².